The first-order valence-electron chi connectivity index (χ1n) is 5.25. The molecule has 0 aromatic heterocycles. The summed E-state index contributed by atoms with van der Waals surface area (Å²) in [6.45, 7) is 2.83. The highest BCUT2D eigenvalue weighted by Crippen LogP contribution is 2.36. The molecular formula is C12H13F2NS. The highest BCUT2D eigenvalue weighted by atomic mass is 32.1. The lowest BCUT2D eigenvalue weighted by atomic mass is 10.0. The molecule has 1 heterocycles. The average Bonchev–Trinajstić information content (AvgIpc) is 2.25. The Morgan fingerprint density at radius 2 is 2.00 bits per heavy atom. The number of thiol groups is 1. The first-order valence-corrected chi connectivity index (χ1v) is 5.77. The summed E-state index contributed by atoms with van der Waals surface area (Å²) in [7, 11) is 0. The molecule has 0 saturated heterocycles. The Kier molecular flexibility index (Phi) is 3.19. The van der Waals surface area contributed by atoms with E-state index in [-0.39, 0.29) is 5.25 Å². The summed E-state index contributed by atoms with van der Waals surface area (Å²) >= 11 is 4.33. The second kappa shape index (κ2) is 4.45. The van der Waals surface area contributed by atoms with Gasteiger partial charge in [-0.3, -0.25) is 0 Å². The Morgan fingerprint density at radius 3 is 2.69 bits per heavy atom. The lowest BCUT2D eigenvalue weighted by Gasteiger charge is -2.28. The van der Waals surface area contributed by atoms with Crippen molar-refractivity contribution in [2.75, 3.05) is 11.4 Å². The third-order valence-electron chi connectivity index (χ3n) is 2.61. The van der Waals surface area contributed by atoms with E-state index in [0.717, 1.165) is 18.5 Å². The Hall–Kier alpha value is -1.03. The maximum Gasteiger partial charge on any atom is 0.160 e. The van der Waals surface area contributed by atoms with Crippen LogP contribution in [-0.4, -0.2) is 6.54 Å². The first-order chi connectivity index (χ1) is 7.63. The molecule has 16 heavy (non-hydrogen) atoms. The minimum atomic E-state index is -0.815. The molecule has 1 atom stereocenters. The monoisotopic (exact) mass is 241 g/mol. The maximum atomic E-state index is 13.2. The van der Waals surface area contributed by atoms with E-state index in [1.165, 1.54) is 12.1 Å². The van der Waals surface area contributed by atoms with E-state index in [0.29, 0.717) is 5.69 Å². The van der Waals surface area contributed by atoms with Crippen molar-refractivity contribution in [1.29, 1.82) is 0 Å². The number of anilines is 1. The fourth-order valence-corrected chi connectivity index (χ4v) is 2.13. The molecule has 4 heteroatoms. The molecule has 0 fully saturated rings. The number of nitrogens with zero attached hydrogens (tertiary/aromatic N) is 1. The number of rotatable bonds is 2. The van der Waals surface area contributed by atoms with Crippen molar-refractivity contribution in [2.24, 2.45) is 0 Å². The lowest BCUT2D eigenvalue weighted by Crippen LogP contribution is -2.22. The fourth-order valence-electron chi connectivity index (χ4n) is 1.84. The van der Waals surface area contributed by atoms with Crippen LogP contribution >= 0.6 is 12.6 Å². The van der Waals surface area contributed by atoms with Crippen LogP contribution in [-0.2, 0) is 0 Å². The molecule has 1 aliphatic rings. The van der Waals surface area contributed by atoms with Crippen LogP contribution in [0.25, 0.3) is 0 Å². The van der Waals surface area contributed by atoms with E-state index in [1.807, 2.05) is 24.1 Å². The van der Waals surface area contributed by atoms with Crippen molar-refractivity contribution < 1.29 is 8.78 Å². The van der Waals surface area contributed by atoms with Gasteiger partial charge in [0.2, 0.25) is 0 Å². The van der Waals surface area contributed by atoms with Crippen molar-refractivity contribution in [2.45, 2.75) is 18.6 Å². The minimum absolute atomic E-state index is 0.168. The van der Waals surface area contributed by atoms with Gasteiger partial charge in [0.15, 0.2) is 11.6 Å². The van der Waals surface area contributed by atoms with Crippen LogP contribution < -0.4 is 4.90 Å². The molecule has 0 radical (unpaired) electrons. The molecule has 1 unspecified atom stereocenters. The molecule has 1 aromatic carbocycles. The summed E-state index contributed by atoms with van der Waals surface area (Å²) in [6.07, 6.45) is 4.69. The zero-order chi connectivity index (χ0) is 11.7. The molecule has 0 aliphatic carbocycles. The molecule has 1 nitrogen and oxygen atoms in total. The van der Waals surface area contributed by atoms with Crippen LogP contribution in [0.3, 0.4) is 0 Å². The van der Waals surface area contributed by atoms with Crippen molar-refractivity contribution in [3.05, 3.63) is 41.6 Å². The van der Waals surface area contributed by atoms with Gasteiger partial charge in [-0.25, -0.2) is 8.78 Å². The summed E-state index contributed by atoms with van der Waals surface area (Å²) in [5.74, 6) is -1.62. The molecule has 0 spiro atoms. The van der Waals surface area contributed by atoms with E-state index in [1.54, 1.807) is 0 Å². The van der Waals surface area contributed by atoms with Crippen molar-refractivity contribution in [1.82, 2.24) is 0 Å². The van der Waals surface area contributed by atoms with Crippen molar-refractivity contribution in [3.8, 4) is 0 Å². The van der Waals surface area contributed by atoms with Crippen LogP contribution in [0.1, 0.15) is 24.2 Å². The number of halogens is 2. The van der Waals surface area contributed by atoms with E-state index >= 15 is 0 Å². The third kappa shape index (κ3) is 1.94. The summed E-state index contributed by atoms with van der Waals surface area (Å²) < 4.78 is 26.3. The van der Waals surface area contributed by atoms with Gasteiger partial charge in [-0.05, 0) is 18.1 Å². The Bertz CT molecular complexity index is 431. The number of hydrogen-bond donors (Lipinski definition) is 1. The van der Waals surface area contributed by atoms with Gasteiger partial charge in [-0.2, -0.15) is 12.6 Å². The average molecular weight is 241 g/mol. The van der Waals surface area contributed by atoms with E-state index in [4.69, 9.17) is 0 Å². The fraction of sp³-hybridized carbons (Fsp3) is 0.333. The lowest BCUT2D eigenvalue weighted by molar-refractivity contribution is 0.507. The maximum absolute atomic E-state index is 13.2. The zero-order valence-corrected chi connectivity index (χ0v) is 9.85. The standard InChI is InChI=1S/C12H13F2NS/c1-2-4-15-5-3-12(16)8-6-9(13)10(14)7-11(8)15/h3,5-7,12,16H,2,4H2,1H3. The number of fused-ring (bicyclic) bond motifs is 1. The Morgan fingerprint density at radius 1 is 1.31 bits per heavy atom. The first kappa shape index (κ1) is 11.5. The zero-order valence-electron chi connectivity index (χ0n) is 8.95. The van der Waals surface area contributed by atoms with Crippen LogP contribution in [0.15, 0.2) is 24.4 Å². The molecule has 0 amide bonds. The van der Waals surface area contributed by atoms with Gasteiger partial charge >= 0.3 is 0 Å². The molecular weight excluding hydrogens is 228 g/mol. The number of benzene rings is 1. The second-order valence-electron chi connectivity index (χ2n) is 3.80. The molecule has 2 rings (SSSR count). The molecule has 86 valence electrons. The van der Waals surface area contributed by atoms with Crippen LogP contribution in [0, 0.1) is 11.6 Å². The highest BCUT2D eigenvalue weighted by Gasteiger charge is 2.20. The van der Waals surface area contributed by atoms with Gasteiger partial charge in [0.1, 0.15) is 0 Å². The predicted octanol–water partition coefficient (Wildman–Crippen LogP) is 3.68. The van der Waals surface area contributed by atoms with Gasteiger partial charge in [0, 0.05) is 29.7 Å². The van der Waals surface area contributed by atoms with E-state index < -0.39 is 11.6 Å². The predicted molar refractivity (Wildman–Crippen MR) is 64.9 cm³/mol. The highest BCUT2D eigenvalue weighted by molar-refractivity contribution is 7.80. The van der Waals surface area contributed by atoms with E-state index in [2.05, 4.69) is 12.6 Å². The molecule has 1 aliphatic heterocycles. The van der Waals surface area contributed by atoms with Gasteiger partial charge in [0.05, 0.1) is 0 Å². The quantitative estimate of drug-likeness (QED) is 0.773. The van der Waals surface area contributed by atoms with Crippen LogP contribution in [0.2, 0.25) is 0 Å². The topological polar surface area (TPSA) is 3.24 Å². The van der Waals surface area contributed by atoms with Gasteiger partial charge in [-0.15, -0.1) is 0 Å². The SMILES string of the molecule is CCCN1C=CC(S)c2cc(F)c(F)cc21. The summed E-state index contributed by atoms with van der Waals surface area (Å²) in [5.41, 5.74) is 1.43. The Labute approximate surface area is 99.2 Å². The molecule has 0 bridgehead atoms. The summed E-state index contributed by atoms with van der Waals surface area (Å²) in [5, 5.41) is -0.168. The summed E-state index contributed by atoms with van der Waals surface area (Å²) in [6, 6.07) is 2.47. The van der Waals surface area contributed by atoms with Crippen LogP contribution in [0.5, 0.6) is 0 Å². The Balaban J connectivity index is 2.48. The number of hydrogen-bond acceptors (Lipinski definition) is 2. The van der Waals surface area contributed by atoms with Gasteiger partial charge in [0.25, 0.3) is 0 Å². The van der Waals surface area contributed by atoms with Gasteiger partial charge < -0.3 is 4.90 Å². The minimum Gasteiger partial charge on any atom is -0.348 e. The normalized spacial score (nSPS) is 18.8. The second-order valence-corrected chi connectivity index (χ2v) is 4.36. The van der Waals surface area contributed by atoms with Crippen molar-refractivity contribution in [3.63, 3.8) is 0 Å². The smallest absolute Gasteiger partial charge is 0.160 e. The van der Waals surface area contributed by atoms with Crippen molar-refractivity contribution >= 4 is 18.3 Å². The van der Waals surface area contributed by atoms with E-state index in [9.17, 15) is 8.78 Å². The molecule has 1 aromatic rings. The van der Waals surface area contributed by atoms with Crippen LogP contribution in [0.4, 0.5) is 14.5 Å². The largest absolute Gasteiger partial charge is 0.348 e. The summed E-state index contributed by atoms with van der Waals surface area (Å²) in [4.78, 5) is 1.92. The third-order valence-corrected chi connectivity index (χ3v) is 3.06. The molecule has 0 saturated carbocycles. The van der Waals surface area contributed by atoms with Gasteiger partial charge in [-0.1, -0.05) is 13.0 Å². The molecule has 0 N–H and O–H groups in total.